The van der Waals surface area contributed by atoms with Crippen LogP contribution < -0.4 is 10.1 Å². The van der Waals surface area contributed by atoms with Gasteiger partial charge in [-0.1, -0.05) is 41.9 Å². The van der Waals surface area contributed by atoms with Crippen LogP contribution in [0.5, 0.6) is 5.75 Å². The number of carboxylic acids is 1. The number of ether oxygens (including phenoxy) is 1. The lowest BCUT2D eigenvalue weighted by atomic mass is 10.0. The maximum Gasteiger partial charge on any atom is 0.305 e. The number of benzene rings is 2. The molecule has 1 atom stereocenters. The Hall–Kier alpha value is -3.45. The number of aromatic nitrogens is 1. The number of pyridine rings is 1. The molecule has 3 rings (SSSR count). The average Bonchev–Trinajstić information content (AvgIpc) is 2.74. The van der Waals surface area contributed by atoms with E-state index in [1.807, 2.05) is 6.92 Å². The molecule has 8 heteroatoms. The molecule has 3 aromatic rings. The van der Waals surface area contributed by atoms with Crippen LogP contribution in [0.4, 0.5) is 4.39 Å². The summed E-state index contributed by atoms with van der Waals surface area (Å²) in [4.78, 5) is 28.6. The van der Waals surface area contributed by atoms with Crippen LogP contribution in [0.15, 0.2) is 54.6 Å². The van der Waals surface area contributed by atoms with Gasteiger partial charge in [0, 0.05) is 16.1 Å². The zero-order chi connectivity index (χ0) is 22.5. The third-order valence-corrected chi connectivity index (χ3v) is 5.21. The van der Waals surface area contributed by atoms with E-state index in [1.165, 1.54) is 31.4 Å². The molecule has 0 bridgehead atoms. The lowest BCUT2D eigenvalue weighted by molar-refractivity contribution is -0.137. The standard InChI is InChI=1S/C23H20ClFN2O4/c1-13-14(7-5-8-16(13)24)22-20(31-2)11-10-18(26-22)23(30)27-19(12-21(28)29)15-6-3-4-9-17(15)25/h3-11,19H,12H2,1-2H3,(H,27,30)(H,28,29). The average molecular weight is 443 g/mol. The second kappa shape index (κ2) is 9.57. The molecule has 0 aliphatic heterocycles. The molecular formula is C23H20ClFN2O4. The van der Waals surface area contributed by atoms with Crippen molar-refractivity contribution in [2.24, 2.45) is 0 Å². The summed E-state index contributed by atoms with van der Waals surface area (Å²) in [6.07, 6.45) is -0.483. The Morgan fingerprint density at radius 3 is 2.58 bits per heavy atom. The van der Waals surface area contributed by atoms with Gasteiger partial charge in [0.1, 0.15) is 23.0 Å². The number of carbonyl (C=O) groups is 2. The van der Waals surface area contributed by atoms with Gasteiger partial charge in [0.2, 0.25) is 0 Å². The van der Waals surface area contributed by atoms with Gasteiger partial charge < -0.3 is 15.2 Å². The highest BCUT2D eigenvalue weighted by atomic mass is 35.5. The van der Waals surface area contributed by atoms with Crippen LogP contribution in [0.1, 0.15) is 34.1 Å². The number of carbonyl (C=O) groups excluding carboxylic acids is 1. The third kappa shape index (κ3) is 5.00. The van der Waals surface area contributed by atoms with E-state index >= 15 is 0 Å². The minimum absolute atomic E-state index is 0.0295. The number of methoxy groups -OCH3 is 1. The summed E-state index contributed by atoms with van der Waals surface area (Å²) in [5.41, 5.74) is 1.98. The van der Waals surface area contributed by atoms with E-state index in [4.69, 9.17) is 16.3 Å². The fraction of sp³-hybridized carbons (Fsp3) is 0.174. The molecule has 0 spiro atoms. The van der Waals surface area contributed by atoms with Gasteiger partial charge >= 0.3 is 5.97 Å². The number of hydrogen-bond acceptors (Lipinski definition) is 4. The summed E-state index contributed by atoms with van der Waals surface area (Å²) in [7, 11) is 1.49. The summed E-state index contributed by atoms with van der Waals surface area (Å²) in [6.45, 7) is 1.83. The molecule has 0 aliphatic rings. The summed E-state index contributed by atoms with van der Waals surface area (Å²) < 4.78 is 19.6. The first kappa shape index (κ1) is 22.2. The van der Waals surface area contributed by atoms with Crippen molar-refractivity contribution in [1.82, 2.24) is 10.3 Å². The molecule has 1 heterocycles. The van der Waals surface area contributed by atoms with E-state index < -0.39 is 30.2 Å². The Morgan fingerprint density at radius 1 is 1.16 bits per heavy atom. The monoisotopic (exact) mass is 442 g/mol. The molecule has 31 heavy (non-hydrogen) atoms. The summed E-state index contributed by atoms with van der Waals surface area (Å²) in [6, 6.07) is 13.0. The summed E-state index contributed by atoms with van der Waals surface area (Å²) in [5, 5.41) is 12.3. The number of aliphatic carboxylic acids is 1. The molecule has 1 unspecified atom stereocenters. The number of nitrogens with one attached hydrogen (secondary N) is 1. The lowest BCUT2D eigenvalue weighted by Gasteiger charge is -2.18. The fourth-order valence-electron chi connectivity index (χ4n) is 3.20. The van der Waals surface area contributed by atoms with E-state index in [-0.39, 0.29) is 11.3 Å². The van der Waals surface area contributed by atoms with Crippen molar-refractivity contribution in [3.05, 3.63) is 82.3 Å². The van der Waals surface area contributed by atoms with Gasteiger partial charge in [-0.3, -0.25) is 9.59 Å². The van der Waals surface area contributed by atoms with Crippen LogP contribution in [0.25, 0.3) is 11.3 Å². The van der Waals surface area contributed by atoms with E-state index in [9.17, 15) is 19.1 Å². The predicted molar refractivity (Wildman–Crippen MR) is 115 cm³/mol. The van der Waals surface area contributed by atoms with E-state index in [0.29, 0.717) is 22.0 Å². The molecule has 1 aromatic heterocycles. The highest BCUT2D eigenvalue weighted by Crippen LogP contribution is 2.33. The van der Waals surface area contributed by atoms with Gasteiger partial charge in [-0.2, -0.15) is 0 Å². The Balaban J connectivity index is 1.98. The number of amides is 1. The molecular weight excluding hydrogens is 423 g/mol. The zero-order valence-corrected chi connectivity index (χ0v) is 17.6. The fourth-order valence-corrected chi connectivity index (χ4v) is 3.37. The van der Waals surface area contributed by atoms with E-state index in [0.717, 1.165) is 5.56 Å². The zero-order valence-electron chi connectivity index (χ0n) is 16.9. The van der Waals surface area contributed by atoms with Crippen LogP contribution >= 0.6 is 11.6 Å². The molecule has 1 amide bonds. The van der Waals surface area contributed by atoms with Gasteiger partial charge in [-0.05, 0) is 36.8 Å². The van der Waals surface area contributed by atoms with Gasteiger partial charge in [0.05, 0.1) is 19.6 Å². The van der Waals surface area contributed by atoms with Crippen LogP contribution in [-0.4, -0.2) is 29.1 Å². The first-order valence-corrected chi connectivity index (χ1v) is 9.77. The smallest absolute Gasteiger partial charge is 0.305 e. The second-order valence-corrected chi connectivity index (χ2v) is 7.21. The number of halogens is 2. The molecule has 0 saturated heterocycles. The summed E-state index contributed by atoms with van der Waals surface area (Å²) in [5.74, 6) is -1.98. The first-order chi connectivity index (χ1) is 14.8. The van der Waals surface area contributed by atoms with Crippen molar-refractivity contribution in [1.29, 1.82) is 0 Å². The minimum Gasteiger partial charge on any atom is -0.494 e. The topological polar surface area (TPSA) is 88.5 Å². The van der Waals surface area contributed by atoms with E-state index in [1.54, 1.807) is 30.3 Å². The third-order valence-electron chi connectivity index (χ3n) is 4.80. The van der Waals surface area contributed by atoms with Gasteiger partial charge in [0.15, 0.2) is 0 Å². The van der Waals surface area contributed by atoms with Crippen LogP contribution in [-0.2, 0) is 4.79 Å². The second-order valence-electron chi connectivity index (χ2n) is 6.81. The normalized spacial score (nSPS) is 11.6. The maximum atomic E-state index is 14.2. The Bertz CT molecular complexity index is 1140. The van der Waals surface area contributed by atoms with Crippen molar-refractivity contribution >= 4 is 23.5 Å². The maximum absolute atomic E-state index is 14.2. The molecule has 0 aliphatic carbocycles. The lowest BCUT2D eigenvalue weighted by Crippen LogP contribution is -2.31. The van der Waals surface area contributed by atoms with Gasteiger partial charge in [-0.25, -0.2) is 9.37 Å². The van der Waals surface area contributed by atoms with Crippen molar-refractivity contribution in [3.63, 3.8) is 0 Å². The molecule has 0 saturated carbocycles. The molecule has 0 fully saturated rings. The van der Waals surface area contributed by atoms with Crippen molar-refractivity contribution in [2.45, 2.75) is 19.4 Å². The van der Waals surface area contributed by atoms with Gasteiger partial charge in [0.25, 0.3) is 5.91 Å². The molecule has 160 valence electrons. The highest BCUT2D eigenvalue weighted by Gasteiger charge is 2.23. The van der Waals surface area contributed by atoms with Crippen molar-refractivity contribution in [3.8, 4) is 17.0 Å². The first-order valence-electron chi connectivity index (χ1n) is 9.39. The minimum atomic E-state index is -1.17. The molecule has 2 N–H and O–H groups in total. The Morgan fingerprint density at radius 2 is 1.90 bits per heavy atom. The van der Waals surface area contributed by atoms with Crippen LogP contribution in [0, 0.1) is 12.7 Å². The number of hydrogen-bond donors (Lipinski definition) is 2. The highest BCUT2D eigenvalue weighted by molar-refractivity contribution is 6.31. The Labute approximate surface area is 183 Å². The quantitative estimate of drug-likeness (QED) is 0.548. The van der Waals surface area contributed by atoms with Crippen molar-refractivity contribution in [2.75, 3.05) is 7.11 Å². The van der Waals surface area contributed by atoms with Crippen LogP contribution in [0.3, 0.4) is 0 Å². The molecule has 6 nitrogen and oxygen atoms in total. The predicted octanol–water partition coefficient (Wildman–Crippen LogP) is 4.80. The molecule has 2 aromatic carbocycles. The number of rotatable bonds is 7. The summed E-state index contributed by atoms with van der Waals surface area (Å²) >= 11 is 6.22. The van der Waals surface area contributed by atoms with Crippen molar-refractivity contribution < 1.29 is 23.8 Å². The van der Waals surface area contributed by atoms with Crippen LogP contribution in [0.2, 0.25) is 5.02 Å². The van der Waals surface area contributed by atoms with E-state index in [2.05, 4.69) is 10.3 Å². The Kier molecular flexibility index (Phi) is 6.87. The molecule has 0 radical (unpaired) electrons. The SMILES string of the molecule is COc1ccc(C(=O)NC(CC(=O)O)c2ccccc2F)nc1-c1cccc(Cl)c1C. The number of carboxylic acid groups (broad SMARTS) is 1. The van der Waals surface area contributed by atoms with Gasteiger partial charge in [-0.15, -0.1) is 0 Å². The largest absolute Gasteiger partial charge is 0.494 e. The number of nitrogens with zero attached hydrogens (tertiary/aromatic N) is 1.